The van der Waals surface area contributed by atoms with Crippen LogP contribution in [-0.2, 0) is 19.1 Å². The first-order valence-electron chi connectivity index (χ1n) is 12.8. The first-order valence-corrected chi connectivity index (χ1v) is 12.8. The molecule has 2 aliphatic rings. The topological polar surface area (TPSA) is 93.1 Å². The van der Waals surface area contributed by atoms with Crippen molar-refractivity contribution in [3.63, 3.8) is 0 Å². The minimum absolute atomic E-state index is 0.0375. The lowest BCUT2D eigenvalue weighted by atomic mass is 9.77. The predicted molar refractivity (Wildman–Crippen MR) is 128 cm³/mol. The van der Waals surface area contributed by atoms with E-state index in [4.69, 9.17) is 4.74 Å². The normalized spacial score (nSPS) is 31.2. The molecule has 0 amide bonds. The molecule has 0 aromatic heterocycles. The zero-order valence-electron chi connectivity index (χ0n) is 20.7. The van der Waals surface area contributed by atoms with E-state index in [2.05, 4.69) is 11.7 Å². The fourth-order valence-electron chi connectivity index (χ4n) is 5.50. The second kappa shape index (κ2) is 14.6. The Morgan fingerprint density at radius 2 is 1.88 bits per heavy atom. The highest BCUT2D eigenvalue weighted by Crippen LogP contribution is 2.39. The Bertz CT molecular complexity index is 649. The number of rotatable bonds is 12. The molecule has 0 saturated heterocycles. The summed E-state index contributed by atoms with van der Waals surface area (Å²) in [6.45, 7) is 3.63. The van der Waals surface area contributed by atoms with Gasteiger partial charge in [0, 0.05) is 31.6 Å². The molecule has 6 heteroatoms. The molecule has 5 atom stereocenters. The molecule has 2 rings (SSSR count). The summed E-state index contributed by atoms with van der Waals surface area (Å²) in [7, 11) is 1.39. The molecular weight excluding hydrogens is 420 g/mol. The molecule has 0 spiro atoms. The zero-order valence-corrected chi connectivity index (χ0v) is 20.7. The van der Waals surface area contributed by atoms with Gasteiger partial charge in [0.15, 0.2) is 0 Å². The molecule has 33 heavy (non-hydrogen) atoms. The maximum atomic E-state index is 11.6. The number of aliphatic hydroxyl groups excluding tert-OH is 2. The van der Waals surface area contributed by atoms with Gasteiger partial charge in [-0.2, -0.15) is 0 Å². The summed E-state index contributed by atoms with van der Waals surface area (Å²) in [5, 5.41) is 21.5. The minimum atomic E-state index is -0.601. The number of hydrogen-bond donors (Lipinski definition) is 2. The number of carbonyl (C=O) groups excluding carboxylic acids is 2. The van der Waals surface area contributed by atoms with Crippen LogP contribution in [0.1, 0.15) is 84.5 Å². The third-order valence-corrected chi connectivity index (χ3v) is 7.36. The van der Waals surface area contributed by atoms with Gasteiger partial charge in [-0.3, -0.25) is 9.59 Å². The Morgan fingerprint density at radius 1 is 1.15 bits per heavy atom. The smallest absolute Gasteiger partial charge is 0.305 e. The molecule has 2 aliphatic carbocycles. The number of hydrogen-bond acceptors (Lipinski definition) is 6. The summed E-state index contributed by atoms with van der Waals surface area (Å²) in [4.78, 5) is 22.8. The predicted octanol–water partition coefficient (Wildman–Crippen LogP) is 4.73. The number of aliphatic hydroxyl groups is 2. The highest BCUT2D eigenvalue weighted by Gasteiger charge is 2.42. The summed E-state index contributed by atoms with van der Waals surface area (Å²) in [5.74, 6) is 0.329. The van der Waals surface area contributed by atoms with Gasteiger partial charge in [-0.25, -0.2) is 0 Å². The molecule has 0 aromatic rings. The summed E-state index contributed by atoms with van der Waals surface area (Å²) in [5.41, 5.74) is 0. The SMILES string of the molecule is CCCC1CCC([C@H](O)/C=C/[C@@H]2[C@@H](C/C=C\CCCC(=O)OC)[C@@H](OC(C)=O)C[C@H]2O)CC1. The van der Waals surface area contributed by atoms with Gasteiger partial charge in [-0.05, 0) is 43.9 Å². The summed E-state index contributed by atoms with van der Waals surface area (Å²) >= 11 is 0. The first-order chi connectivity index (χ1) is 15.8. The van der Waals surface area contributed by atoms with E-state index in [9.17, 15) is 19.8 Å². The summed E-state index contributed by atoms with van der Waals surface area (Å²) < 4.78 is 10.2. The summed E-state index contributed by atoms with van der Waals surface area (Å²) in [6.07, 6.45) is 16.4. The average molecular weight is 465 g/mol. The first kappa shape index (κ1) is 27.6. The molecular formula is C27H44O6. The highest BCUT2D eigenvalue weighted by molar-refractivity contribution is 5.69. The lowest BCUT2D eigenvalue weighted by Gasteiger charge is -2.30. The second-order valence-electron chi connectivity index (χ2n) is 9.81. The highest BCUT2D eigenvalue weighted by atomic mass is 16.5. The van der Waals surface area contributed by atoms with Crippen molar-refractivity contribution in [3.8, 4) is 0 Å². The van der Waals surface area contributed by atoms with E-state index in [1.807, 2.05) is 24.3 Å². The molecule has 2 fully saturated rings. The van der Waals surface area contributed by atoms with Crippen molar-refractivity contribution in [3.05, 3.63) is 24.3 Å². The van der Waals surface area contributed by atoms with Crippen LogP contribution in [0.5, 0.6) is 0 Å². The van der Waals surface area contributed by atoms with E-state index in [0.29, 0.717) is 19.3 Å². The van der Waals surface area contributed by atoms with Crippen LogP contribution in [0.15, 0.2) is 24.3 Å². The van der Waals surface area contributed by atoms with Crippen LogP contribution in [0.3, 0.4) is 0 Å². The van der Waals surface area contributed by atoms with Crippen LogP contribution in [0.4, 0.5) is 0 Å². The third kappa shape index (κ3) is 9.24. The Morgan fingerprint density at radius 3 is 2.52 bits per heavy atom. The fraction of sp³-hybridized carbons (Fsp3) is 0.778. The van der Waals surface area contributed by atoms with Crippen LogP contribution >= 0.6 is 0 Å². The summed E-state index contributed by atoms with van der Waals surface area (Å²) in [6, 6.07) is 0. The number of ether oxygens (including phenoxy) is 2. The monoisotopic (exact) mass is 464 g/mol. The Kier molecular flexibility index (Phi) is 12.2. The minimum Gasteiger partial charge on any atom is -0.469 e. The molecule has 0 unspecified atom stereocenters. The third-order valence-electron chi connectivity index (χ3n) is 7.36. The van der Waals surface area contributed by atoms with Crippen molar-refractivity contribution in [1.82, 2.24) is 0 Å². The van der Waals surface area contributed by atoms with Gasteiger partial charge in [-0.1, -0.05) is 56.9 Å². The van der Waals surface area contributed by atoms with E-state index in [1.165, 1.54) is 39.7 Å². The number of unbranched alkanes of at least 4 members (excludes halogenated alkanes) is 1. The molecule has 0 bridgehead atoms. The maximum Gasteiger partial charge on any atom is 0.305 e. The number of allylic oxidation sites excluding steroid dienone is 2. The standard InChI is InChI=1S/C27H44O6/c1-4-9-20-12-14-21(15-13-20)24(29)17-16-22-23(26(18-25(22)30)33-19(2)28)10-7-5-6-8-11-27(31)32-3/h5,7,16-17,20-26,29-30H,4,6,8-15,18H2,1-3H3/b7-5-,17-16+/t20?,21?,22-,23-,24-,25-,26+/m1/s1. The van der Waals surface area contributed by atoms with Crippen molar-refractivity contribution >= 4 is 11.9 Å². The number of esters is 2. The van der Waals surface area contributed by atoms with Crippen LogP contribution in [0, 0.1) is 23.7 Å². The number of methoxy groups -OCH3 is 1. The lowest BCUT2D eigenvalue weighted by Crippen LogP contribution is -2.26. The van der Waals surface area contributed by atoms with Crippen molar-refractivity contribution in [1.29, 1.82) is 0 Å². The van der Waals surface area contributed by atoms with Crippen molar-refractivity contribution in [2.45, 2.75) is 103 Å². The average Bonchev–Trinajstić information content (AvgIpc) is 3.08. The molecule has 188 valence electrons. The van der Waals surface area contributed by atoms with Gasteiger partial charge in [0.2, 0.25) is 0 Å². The number of carbonyl (C=O) groups is 2. The van der Waals surface area contributed by atoms with Crippen molar-refractivity contribution in [2.75, 3.05) is 7.11 Å². The van der Waals surface area contributed by atoms with Gasteiger partial charge in [-0.15, -0.1) is 0 Å². The van der Waals surface area contributed by atoms with Crippen LogP contribution in [-0.4, -0.2) is 47.6 Å². The van der Waals surface area contributed by atoms with Crippen molar-refractivity contribution < 1.29 is 29.3 Å². The Labute approximate surface area is 199 Å². The molecule has 6 nitrogen and oxygen atoms in total. The zero-order chi connectivity index (χ0) is 24.2. The molecule has 0 aliphatic heterocycles. The van der Waals surface area contributed by atoms with Gasteiger partial charge >= 0.3 is 11.9 Å². The molecule has 2 N–H and O–H groups in total. The van der Waals surface area contributed by atoms with E-state index >= 15 is 0 Å². The quantitative estimate of drug-likeness (QED) is 0.246. The van der Waals surface area contributed by atoms with E-state index in [-0.39, 0.29) is 35.8 Å². The van der Waals surface area contributed by atoms with Crippen LogP contribution in [0.25, 0.3) is 0 Å². The molecule has 0 radical (unpaired) electrons. The Hall–Kier alpha value is -1.66. The fourth-order valence-corrected chi connectivity index (χ4v) is 5.50. The van der Waals surface area contributed by atoms with E-state index < -0.39 is 12.2 Å². The lowest BCUT2D eigenvalue weighted by molar-refractivity contribution is -0.148. The largest absolute Gasteiger partial charge is 0.469 e. The second-order valence-corrected chi connectivity index (χ2v) is 9.81. The molecule has 0 heterocycles. The molecule has 2 saturated carbocycles. The van der Waals surface area contributed by atoms with E-state index in [0.717, 1.165) is 31.6 Å². The van der Waals surface area contributed by atoms with Crippen molar-refractivity contribution in [2.24, 2.45) is 23.7 Å². The van der Waals surface area contributed by atoms with Gasteiger partial charge in [0.25, 0.3) is 0 Å². The van der Waals surface area contributed by atoms with E-state index in [1.54, 1.807) is 0 Å². The van der Waals surface area contributed by atoms with Crippen LogP contribution in [0.2, 0.25) is 0 Å². The van der Waals surface area contributed by atoms with Gasteiger partial charge in [0.05, 0.1) is 19.3 Å². The van der Waals surface area contributed by atoms with Crippen LogP contribution < -0.4 is 0 Å². The Balaban J connectivity index is 1.94. The van der Waals surface area contributed by atoms with Gasteiger partial charge in [0.1, 0.15) is 6.10 Å². The van der Waals surface area contributed by atoms with Gasteiger partial charge < -0.3 is 19.7 Å². The maximum absolute atomic E-state index is 11.6. The molecule has 0 aromatic carbocycles.